The lowest BCUT2D eigenvalue weighted by atomic mass is 10.3. The zero-order valence-electron chi connectivity index (χ0n) is 10.2. The third kappa shape index (κ3) is 3.91. The number of carbonyl (C=O) groups excluding carboxylic acids is 1. The second-order valence-electron chi connectivity index (χ2n) is 3.61. The van der Waals surface area contributed by atoms with Gasteiger partial charge >= 0.3 is 0 Å². The van der Waals surface area contributed by atoms with E-state index < -0.39 is 0 Å². The number of ether oxygens (including phenoxy) is 1. The van der Waals surface area contributed by atoms with Crippen LogP contribution in [-0.4, -0.2) is 32.7 Å². The highest BCUT2D eigenvalue weighted by atomic mass is 16.5. The molecule has 98 valence electrons. The Morgan fingerprint density at radius 2 is 2.21 bits per heavy atom. The van der Waals surface area contributed by atoms with Gasteiger partial charge in [-0.15, -0.1) is 11.7 Å². The molecule has 1 aromatic carbocycles. The van der Waals surface area contributed by atoms with Crippen LogP contribution in [0.1, 0.15) is 0 Å². The first kappa shape index (κ1) is 12.7. The van der Waals surface area contributed by atoms with E-state index in [0.717, 1.165) is 0 Å². The van der Waals surface area contributed by atoms with Gasteiger partial charge < -0.3 is 4.74 Å². The Balaban J connectivity index is 1.82. The van der Waals surface area contributed by atoms with Crippen molar-refractivity contribution in [1.82, 2.24) is 20.2 Å². The number of para-hydroxylation sites is 1. The van der Waals surface area contributed by atoms with Gasteiger partial charge in [0, 0.05) is 0 Å². The van der Waals surface area contributed by atoms with Crippen LogP contribution in [0.15, 0.2) is 43.0 Å². The van der Waals surface area contributed by atoms with E-state index in [-0.39, 0.29) is 18.5 Å². The average molecular weight is 259 g/mol. The van der Waals surface area contributed by atoms with Gasteiger partial charge in [0.15, 0.2) is 6.61 Å². The smallest absolute Gasteiger partial charge is 0.270 e. The molecule has 7 nitrogen and oxygen atoms in total. The lowest BCUT2D eigenvalue weighted by molar-refractivity contribution is -0.118. The molecular weight excluding hydrogens is 246 g/mol. The van der Waals surface area contributed by atoms with Crippen molar-refractivity contribution in [1.29, 1.82) is 0 Å². The second-order valence-corrected chi connectivity index (χ2v) is 3.61. The number of anilines is 1. The van der Waals surface area contributed by atoms with Crippen molar-refractivity contribution < 1.29 is 9.53 Å². The Labute approximate surface area is 109 Å². The standard InChI is InChI=1S/C12H13N5O2/c1-2-8-17-15-12(14-16-17)13-11(18)9-19-10-6-4-3-5-7-10/h2-7H,1,8-9H2,(H,13,15,18). The van der Waals surface area contributed by atoms with Crippen LogP contribution in [0, 0.1) is 0 Å². The molecule has 0 aliphatic rings. The van der Waals surface area contributed by atoms with Gasteiger partial charge in [-0.25, -0.2) is 0 Å². The number of tetrazole rings is 1. The summed E-state index contributed by atoms with van der Waals surface area (Å²) in [7, 11) is 0. The van der Waals surface area contributed by atoms with E-state index in [1.165, 1.54) is 4.80 Å². The zero-order chi connectivity index (χ0) is 13.5. The first-order valence-electron chi connectivity index (χ1n) is 5.64. The van der Waals surface area contributed by atoms with Crippen LogP contribution in [0.25, 0.3) is 0 Å². The fourth-order valence-corrected chi connectivity index (χ4v) is 1.31. The summed E-state index contributed by atoms with van der Waals surface area (Å²) >= 11 is 0. The minimum atomic E-state index is -0.345. The number of amides is 1. The molecule has 0 radical (unpaired) electrons. The van der Waals surface area contributed by atoms with Crippen molar-refractivity contribution in [2.75, 3.05) is 11.9 Å². The Morgan fingerprint density at radius 3 is 2.95 bits per heavy atom. The summed E-state index contributed by atoms with van der Waals surface area (Å²) in [6.07, 6.45) is 1.63. The molecule has 0 bridgehead atoms. The number of benzene rings is 1. The number of nitrogens with zero attached hydrogens (tertiary/aromatic N) is 4. The van der Waals surface area contributed by atoms with Crippen LogP contribution in [0.4, 0.5) is 5.95 Å². The summed E-state index contributed by atoms with van der Waals surface area (Å²) in [5, 5.41) is 13.8. The molecule has 1 aromatic heterocycles. The number of hydrogen-bond donors (Lipinski definition) is 1. The first-order valence-corrected chi connectivity index (χ1v) is 5.64. The monoisotopic (exact) mass is 259 g/mol. The van der Waals surface area contributed by atoms with E-state index in [1.807, 2.05) is 18.2 Å². The minimum absolute atomic E-state index is 0.111. The topological polar surface area (TPSA) is 81.9 Å². The fourth-order valence-electron chi connectivity index (χ4n) is 1.31. The average Bonchev–Trinajstić information content (AvgIpc) is 2.85. The quantitative estimate of drug-likeness (QED) is 0.779. The highest BCUT2D eigenvalue weighted by molar-refractivity contribution is 5.90. The van der Waals surface area contributed by atoms with Gasteiger partial charge in [0.2, 0.25) is 0 Å². The van der Waals surface area contributed by atoms with E-state index in [4.69, 9.17) is 4.74 Å². The molecular formula is C12H13N5O2. The summed E-state index contributed by atoms with van der Waals surface area (Å²) in [5.74, 6) is 0.423. The van der Waals surface area contributed by atoms with E-state index in [1.54, 1.807) is 18.2 Å². The second kappa shape index (κ2) is 6.29. The minimum Gasteiger partial charge on any atom is -0.484 e. The van der Waals surface area contributed by atoms with Crippen molar-refractivity contribution in [3.05, 3.63) is 43.0 Å². The Bertz CT molecular complexity index is 552. The van der Waals surface area contributed by atoms with Gasteiger partial charge in [-0.2, -0.15) is 4.80 Å². The van der Waals surface area contributed by atoms with Crippen molar-refractivity contribution >= 4 is 11.9 Å². The lowest BCUT2D eigenvalue weighted by Crippen LogP contribution is -2.21. The molecule has 0 fully saturated rings. The summed E-state index contributed by atoms with van der Waals surface area (Å²) < 4.78 is 5.28. The van der Waals surface area contributed by atoms with Crippen molar-refractivity contribution in [3.63, 3.8) is 0 Å². The van der Waals surface area contributed by atoms with Crippen molar-refractivity contribution in [2.24, 2.45) is 0 Å². The third-order valence-corrected chi connectivity index (χ3v) is 2.11. The highest BCUT2D eigenvalue weighted by Gasteiger charge is 2.07. The molecule has 0 spiro atoms. The van der Waals surface area contributed by atoms with Crippen LogP contribution in [0.2, 0.25) is 0 Å². The van der Waals surface area contributed by atoms with Crippen LogP contribution in [0.3, 0.4) is 0 Å². The van der Waals surface area contributed by atoms with E-state index in [9.17, 15) is 4.79 Å². The molecule has 0 aliphatic heterocycles. The number of nitrogens with one attached hydrogen (secondary N) is 1. The normalized spacial score (nSPS) is 9.89. The Kier molecular flexibility index (Phi) is 4.22. The van der Waals surface area contributed by atoms with Gasteiger partial charge in [0.1, 0.15) is 5.75 Å². The predicted octanol–water partition coefficient (Wildman–Crippen LogP) is 0.877. The summed E-state index contributed by atoms with van der Waals surface area (Å²) in [6.45, 7) is 3.88. The Morgan fingerprint density at radius 1 is 1.42 bits per heavy atom. The van der Waals surface area contributed by atoms with Gasteiger partial charge in [0.25, 0.3) is 11.9 Å². The fraction of sp³-hybridized carbons (Fsp3) is 0.167. The summed E-state index contributed by atoms with van der Waals surface area (Å²) in [6, 6.07) is 9.07. The lowest BCUT2D eigenvalue weighted by Gasteiger charge is -2.04. The molecule has 0 aliphatic carbocycles. The molecule has 1 heterocycles. The van der Waals surface area contributed by atoms with Crippen LogP contribution in [-0.2, 0) is 11.3 Å². The van der Waals surface area contributed by atoms with E-state index in [2.05, 4.69) is 27.3 Å². The molecule has 19 heavy (non-hydrogen) atoms. The molecule has 0 saturated heterocycles. The summed E-state index contributed by atoms with van der Waals surface area (Å²) in [5.41, 5.74) is 0. The van der Waals surface area contributed by atoms with Gasteiger partial charge in [-0.05, 0) is 17.3 Å². The van der Waals surface area contributed by atoms with Crippen LogP contribution >= 0.6 is 0 Å². The maximum Gasteiger partial charge on any atom is 0.270 e. The number of aromatic nitrogens is 4. The highest BCUT2D eigenvalue weighted by Crippen LogP contribution is 2.07. The molecule has 0 saturated carbocycles. The van der Waals surface area contributed by atoms with E-state index >= 15 is 0 Å². The third-order valence-electron chi connectivity index (χ3n) is 2.11. The largest absolute Gasteiger partial charge is 0.484 e. The number of carbonyl (C=O) groups is 1. The number of hydrogen-bond acceptors (Lipinski definition) is 5. The molecule has 2 rings (SSSR count). The molecule has 1 N–H and O–H groups in total. The maximum atomic E-state index is 11.6. The predicted molar refractivity (Wildman–Crippen MR) is 68.6 cm³/mol. The van der Waals surface area contributed by atoms with Gasteiger partial charge in [-0.3, -0.25) is 10.1 Å². The number of rotatable bonds is 6. The molecule has 7 heteroatoms. The molecule has 1 amide bonds. The maximum absolute atomic E-state index is 11.6. The van der Waals surface area contributed by atoms with Crippen LogP contribution < -0.4 is 10.1 Å². The summed E-state index contributed by atoms with van der Waals surface area (Å²) in [4.78, 5) is 12.9. The molecule has 0 atom stereocenters. The molecule has 2 aromatic rings. The van der Waals surface area contributed by atoms with Crippen LogP contribution in [0.5, 0.6) is 5.75 Å². The van der Waals surface area contributed by atoms with Gasteiger partial charge in [0.05, 0.1) is 6.54 Å². The SMILES string of the molecule is C=CCn1nnc(NC(=O)COc2ccccc2)n1. The molecule has 0 unspecified atom stereocenters. The first-order chi connectivity index (χ1) is 9.28. The Hall–Kier alpha value is -2.70. The van der Waals surface area contributed by atoms with Crippen molar-refractivity contribution in [3.8, 4) is 5.75 Å². The zero-order valence-corrected chi connectivity index (χ0v) is 10.2. The number of allylic oxidation sites excluding steroid dienone is 1. The van der Waals surface area contributed by atoms with Gasteiger partial charge in [-0.1, -0.05) is 29.4 Å². The van der Waals surface area contributed by atoms with Crippen molar-refractivity contribution in [2.45, 2.75) is 6.54 Å². The van der Waals surface area contributed by atoms with E-state index in [0.29, 0.717) is 12.3 Å².